The average molecular weight is 359 g/mol. The molecular weight excluding hydrogens is 336 g/mol. The molecule has 1 aromatic rings. The van der Waals surface area contributed by atoms with Crippen molar-refractivity contribution in [2.24, 2.45) is 0 Å². The van der Waals surface area contributed by atoms with Gasteiger partial charge in [0, 0.05) is 6.04 Å². The normalized spacial score (nSPS) is 22.8. The summed E-state index contributed by atoms with van der Waals surface area (Å²) in [5.41, 5.74) is 2.19. The van der Waals surface area contributed by atoms with E-state index in [2.05, 4.69) is 12.1 Å². The minimum absolute atomic E-state index is 0.0542. The van der Waals surface area contributed by atoms with Crippen molar-refractivity contribution in [2.45, 2.75) is 64.1 Å². The Labute approximate surface area is 154 Å². The van der Waals surface area contributed by atoms with E-state index in [1.807, 2.05) is 37.8 Å². The van der Waals surface area contributed by atoms with Crippen LogP contribution in [0.3, 0.4) is 0 Å². The molecule has 0 spiro atoms. The van der Waals surface area contributed by atoms with Crippen LogP contribution in [0.1, 0.15) is 57.6 Å². The summed E-state index contributed by atoms with van der Waals surface area (Å²) in [5, 5.41) is 9.67. The molecule has 3 rings (SSSR count). The van der Waals surface area contributed by atoms with Crippen LogP contribution in [0.2, 0.25) is 5.02 Å². The average Bonchev–Trinajstić information content (AvgIpc) is 2.52. The van der Waals surface area contributed by atoms with Gasteiger partial charge in [-0.3, -0.25) is 4.90 Å². The lowest BCUT2D eigenvalue weighted by molar-refractivity contribution is 0.0000856. The van der Waals surface area contributed by atoms with E-state index >= 15 is 0 Å². The first-order chi connectivity index (χ1) is 11.8. The van der Waals surface area contributed by atoms with Gasteiger partial charge in [-0.1, -0.05) is 23.7 Å². The predicted molar refractivity (Wildman–Crippen MR) is 98.3 cm³/mol. The number of piperidine rings is 1. The second-order valence-corrected chi connectivity index (χ2v) is 8.15. The van der Waals surface area contributed by atoms with Gasteiger partial charge in [0.1, 0.15) is 11.7 Å². The van der Waals surface area contributed by atoms with Gasteiger partial charge in [-0.25, -0.2) is 4.79 Å². The SMILES string of the molecule is CC(C)(C)OC(=O)N1C2C=C(c3ccc(Cl)c(C#N)c3)CC1CCC2. The Kier molecular flexibility index (Phi) is 4.79. The summed E-state index contributed by atoms with van der Waals surface area (Å²) in [5.74, 6) is 0. The lowest BCUT2D eigenvalue weighted by Gasteiger charge is -2.45. The van der Waals surface area contributed by atoms with Crippen LogP contribution in [0.5, 0.6) is 0 Å². The Morgan fingerprint density at radius 1 is 1.36 bits per heavy atom. The number of benzene rings is 1. The standard InChI is InChI=1S/C20H23ClN2O2/c1-20(2,3)25-19(24)23-16-5-4-6-17(23)11-14(10-16)13-7-8-18(21)15(9-13)12-22/h7-10,16-17H,4-6,11H2,1-3H3. The summed E-state index contributed by atoms with van der Waals surface area (Å²) in [6.07, 6.45) is 5.74. The number of amides is 1. The van der Waals surface area contributed by atoms with Crippen molar-refractivity contribution in [3.05, 3.63) is 40.4 Å². The van der Waals surface area contributed by atoms with E-state index in [0.29, 0.717) is 10.6 Å². The molecule has 2 aliphatic heterocycles. The van der Waals surface area contributed by atoms with Crippen molar-refractivity contribution < 1.29 is 9.53 Å². The van der Waals surface area contributed by atoms with E-state index in [0.717, 1.165) is 31.2 Å². The number of nitrogens with zero attached hydrogens (tertiary/aromatic N) is 2. The topological polar surface area (TPSA) is 53.3 Å². The van der Waals surface area contributed by atoms with Crippen LogP contribution in [0.4, 0.5) is 4.79 Å². The molecule has 5 heteroatoms. The van der Waals surface area contributed by atoms with Crippen LogP contribution >= 0.6 is 11.6 Å². The van der Waals surface area contributed by atoms with Crippen LogP contribution in [-0.4, -0.2) is 28.7 Å². The second kappa shape index (κ2) is 6.72. The number of hydrogen-bond acceptors (Lipinski definition) is 3. The number of carbonyl (C=O) groups is 1. The fourth-order valence-electron chi connectivity index (χ4n) is 3.65. The first kappa shape index (κ1) is 17.8. The molecule has 1 fully saturated rings. The molecule has 2 bridgehead atoms. The van der Waals surface area contributed by atoms with Crippen LogP contribution < -0.4 is 0 Å². The van der Waals surface area contributed by atoms with E-state index in [4.69, 9.17) is 16.3 Å². The zero-order valence-corrected chi connectivity index (χ0v) is 15.6. The molecular formula is C20H23ClN2O2. The van der Waals surface area contributed by atoms with Gasteiger partial charge in [0.05, 0.1) is 16.6 Å². The molecule has 0 radical (unpaired) electrons. The van der Waals surface area contributed by atoms with E-state index in [1.54, 1.807) is 6.07 Å². The monoisotopic (exact) mass is 358 g/mol. The Hall–Kier alpha value is -1.99. The molecule has 2 heterocycles. The lowest BCUT2D eigenvalue weighted by atomic mass is 9.83. The minimum Gasteiger partial charge on any atom is -0.444 e. The summed E-state index contributed by atoms with van der Waals surface area (Å²) in [6.45, 7) is 5.68. The quantitative estimate of drug-likeness (QED) is 0.697. The third-order valence-corrected chi connectivity index (χ3v) is 5.03. The van der Waals surface area contributed by atoms with E-state index in [-0.39, 0.29) is 18.2 Å². The number of rotatable bonds is 1. The van der Waals surface area contributed by atoms with Crippen molar-refractivity contribution in [3.8, 4) is 6.07 Å². The molecule has 25 heavy (non-hydrogen) atoms. The second-order valence-electron chi connectivity index (χ2n) is 7.74. The van der Waals surface area contributed by atoms with Crippen LogP contribution in [0.25, 0.3) is 5.57 Å². The maximum Gasteiger partial charge on any atom is 0.411 e. The highest BCUT2D eigenvalue weighted by atomic mass is 35.5. The highest BCUT2D eigenvalue weighted by molar-refractivity contribution is 6.31. The fourth-order valence-corrected chi connectivity index (χ4v) is 3.81. The number of fused-ring (bicyclic) bond motifs is 2. The number of carbonyl (C=O) groups excluding carboxylic acids is 1. The summed E-state index contributed by atoms with van der Waals surface area (Å²) in [7, 11) is 0. The van der Waals surface area contributed by atoms with E-state index in [9.17, 15) is 10.1 Å². The summed E-state index contributed by atoms with van der Waals surface area (Å²) >= 11 is 6.05. The Morgan fingerprint density at radius 2 is 2.12 bits per heavy atom. The number of nitriles is 1. The summed E-state index contributed by atoms with van der Waals surface area (Å²) < 4.78 is 5.60. The largest absolute Gasteiger partial charge is 0.444 e. The zero-order valence-electron chi connectivity index (χ0n) is 14.9. The minimum atomic E-state index is -0.493. The van der Waals surface area contributed by atoms with Crippen molar-refractivity contribution in [1.82, 2.24) is 4.90 Å². The molecule has 1 aromatic carbocycles. The van der Waals surface area contributed by atoms with Gasteiger partial charge in [0.15, 0.2) is 0 Å². The lowest BCUT2D eigenvalue weighted by Crippen LogP contribution is -2.53. The number of halogens is 1. The van der Waals surface area contributed by atoms with Crippen LogP contribution in [0, 0.1) is 11.3 Å². The highest BCUT2D eigenvalue weighted by Gasteiger charge is 2.39. The first-order valence-electron chi connectivity index (χ1n) is 8.70. The number of hydrogen-bond donors (Lipinski definition) is 0. The maximum absolute atomic E-state index is 12.6. The van der Waals surface area contributed by atoms with Gasteiger partial charge in [-0.2, -0.15) is 5.26 Å². The third kappa shape index (κ3) is 3.82. The molecule has 0 aromatic heterocycles. The first-order valence-corrected chi connectivity index (χ1v) is 9.08. The Bertz CT molecular complexity index is 758. The molecule has 2 atom stereocenters. The molecule has 0 aliphatic carbocycles. The van der Waals surface area contributed by atoms with Gasteiger partial charge >= 0.3 is 6.09 Å². The third-order valence-electron chi connectivity index (χ3n) is 4.70. The summed E-state index contributed by atoms with van der Waals surface area (Å²) in [4.78, 5) is 14.5. The zero-order chi connectivity index (χ0) is 18.2. The van der Waals surface area contributed by atoms with Gasteiger partial charge in [0.25, 0.3) is 0 Å². The van der Waals surface area contributed by atoms with Crippen molar-refractivity contribution in [3.63, 3.8) is 0 Å². The van der Waals surface area contributed by atoms with E-state index in [1.165, 1.54) is 5.57 Å². The highest BCUT2D eigenvalue weighted by Crippen LogP contribution is 2.38. The molecule has 4 nitrogen and oxygen atoms in total. The summed E-state index contributed by atoms with van der Waals surface area (Å²) in [6, 6.07) is 7.90. The Balaban J connectivity index is 1.89. The van der Waals surface area contributed by atoms with Crippen LogP contribution in [-0.2, 0) is 4.74 Å². The van der Waals surface area contributed by atoms with Gasteiger partial charge in [0.2, 0.25) is 0 Å². The Morgan fingerprint density at radius 3 is 2.76 bits per heavy atom. The number of ether oxygens (including phenoxy) is 1. The van der Waals surface area contributed by atoms with Gasteiger partial charge in [-0.05, 0) is 69.7 Å². The molecule has 1 amide bonds. The van der Waals surface area contributed by atoms with Gasteiger partial charge in [-0.15, -0.1) is 0 Å². The molecule has 0 N–H and O–H groups in total. The predicted octanol–water partition coefficient (Wildman–Crippen LogP) is 5.16. The van der Waals surface area contributed by atoms with Crippen molar-refractivity contribution in [2.75, 3.05) is 0 Å². The molecule has 0 saturated carbocycles. The van der Waals surface area contributed by atoms with Crippen LogP contribution in [0.15, 0.2) is 24.3 Å². The van der Waals surface area contributed by atoms with Crippen molar-refractivity contribution >= 4 is 23.3 Å². The smallest absolute Gasteiger partial charge is 0.411 e. The molecule has 1 saturated heterocycles. The maximum atomic E-state index is 12.6. The van der Waals surface area contributed by atoms with Crippen molar-refractivity contribution in [1.29, 1.82) is 5.26 Å². The molecule has 2 unspecified atom stereocenters. The molecule has 2 aliphatic rings. The fraction of sp³-hybridized carbons (Fsp3) is 0.500. The van der Waals surface area contributed by atoms with E-state index < -0.39 is 5.60 Å². The molecule has 132 valence electrons. The van der Waals surface area contributed by atoms with Gasteiger partial charge < -0.3 is 4.74 Å².